The van der Waals surface area contributed by atoms with Crippen molar-refractivity contribution in [2.45, 2.75) is 25.7 Å². The number of carbonyl (C=O) groups is 1. The number of piperidine rings is 1. The molecule has 4 aromatic heterocycles. The predicted molar refractivity (Wildman–Crippen MR) is 127 cm³/mol. The van der Waals surface area contributed by atoms with Gasteiger partial charge in [0, 0.05) is 55.3 Å². The molecule has 1 fully saturated rings. The summed E-state index contributed by atoms with van der Waals surface area (Å²) in [6.07, 6.45) is 6.84. The lowest BCUT2D eigenvalue weighted by atomic mass is 9.94. The minimum absolute atomic E-state index is 0.0710. The molecule has 0 aromatic carbocycles. The van der Waals surface area contributed by atoms with Crippen LogP contribution in [0, 0.1) is 11.8 Å². The van der Waals surface area contributed by atoms with E-state index in [4.69, 9.17) is 15.5 Å². The predicted octanol–water partition coefficient (Wildman–Crippen LogP) is 3.29. The van der Waals surface area contributed by atoms with Crippen LogP contribution in [0.5, 0.6) is 11.8 Å². The van der Waals surface area contributed by atoms with E-state index in [1.54, 1.807) is 42.5 Å². The normalized spacial score (nSPS) is 15.6. The maximum absolute atomic E-state index is 12.4. The zero-order valence-electron chi connectivity index (χ0n) is 18.7. The molecule has 1 aliphatic heterocycles. The van der Waals surface area contributed by atoms with Crippen LogP contribution in [0.3, 0.4) is 0 Å². The molecular formula is C25H23N7O2. The second-order valence-corrected chi connectivity index (χ2v) is 7.96. The number of imidazole rings is 1. The van der Waals surface area contributed by atoms with Gasteiger partial charge in [-0.3, -0.25) is 9.20 Å². The Hall–Kier alpha value is -4.45. The first-order valence-electron chi connectivity index (χ1n) is 11.0. The van der Waals surface area contributed by atoms with E-state index in [1.165, 1.54) is 0 Å². The number of anilines is 1. The molecule has 0 saturated carbocycles. The minimum Gasteiger partial charge on any atom is -0.421 e. The van der Waals surface area contributed by atoms with Crippen LogP contribution in [0.4, 0.5) is 5.95 Å². The van der Waals surface area contributed by atoms with Crippen LogP contribution >= 0.6 is 0 Å². The van der Waals surface area contributed by atoms with Crippen molar-refractivity contribution >= 4 is 17.4 Å². The first-order chi connectivity index (χ1) is 16.6. The molecule has 0 spiro atoms. The Morgan fingerprint density at radius 2 is 2.00 bits per heavy atom. The van der Waals surface area contributed by atoms with Gasteiger partial charge in [-0.25, -0.2) is 19.9 Å². The fourth-order valence-corrected chi connectivity index (χ4v) is 4.24. The number of ether oxygens (including phenoxy) is 1. The van der Waals surface area contributed by atoms with Crippen LogP contribution in [0.15, 0.2) is 55.0 Å². The Balaban J connectivity index is 1.49. The van der Waals surface area contributed by atoms with Gasteiger partial charge in [-0.05, 0) is 43.9 Å². The average Bonchev–Trinajstić information content (AvgIpc) is 3.26. The number of nitrogens with zero attached hydrogens (tertiary/aromatic N) is 6. The molecule has 1 amide bonds. The fraction of sp³-hybridized carbons (Fsp3) is 0.240. The van der Waals surface area contributed by atoms with Gasteiger partial charge >= 0.3 is 0 Å². The molecule has 0 aliphatic carbocycles. The molecule has 5 heterocycles. The number of aromatic nitrogens is 5. The molecule has 5 rings (SSSR count). The molecule has 4 aromatic rings. The number of fused-ring (bicyclic) bond motifs is 1. The highest BCUT2D eigenvalue weighted by Crippen LogP contribution is 2.33. The summed E-state index contributed by atoms with van der Waals surface area (Å²) in [5.41, 5.74) is 8.79. The van der Waals surface area contributed by atoms with Gasteiger partial charge in [0.25, 0.3) is 5.91 Å². The number of hydrogen-bond donors (Lipinski definition) is 1. The Kier molecular flexibility index (Phi) is 5.79. The molecule has 170 valence electrons. The van der Waals surface area contributed by atoms with Crippen molar-refractivity contribution < 1.29 is 9.53 Å². The summed E-state index contributed by atoms with van der Waals surface area (Å²) >= 11 is 0. The molecule has 9 heteroatoms. The molecule has 9 nitrogen and oxygen atoms in total. The van der Waals surface area contributed by atoms with E-state index in [0.29, 0.717) is 36.6 Å². The number of amides is 1. The SMILES string of the molecule is CC#CC(=O)N1CCCC(c2nc(-c3ccc(Oc4ccccn4)nc3)n3c(N)nccc23)C1. The summed E-state index contributed by atoms with van der Waals surface area (Å²) < 4.78 is 7.53. The van der Waals surface area contributed by atoms with E-state index in [2.05, 4.69) is 26.8 Å². The van der Waals surface area contributed by atoms with Crippen molar-refractivity contribution in [3.8, 4) is 35.0 Å². The van der Waals surface area contributed by atoms with Crippen molar-refractivity contribution in [1.29, 1.82) is 0 Å². The van der Waals surface area contributed by atoms with Crippen molar-refractivity contribution in [3.63, 3.8) is 0 Å². The first-order valence-corrected chi connectivity index (χ1v) is 11.0. The summed E-state index contributed by atoms with van der Waals surface area (Å²) in [6.45, 7) is 2.94. The van der Waals surface area contributed by atoms with Crippen molar-refractivity contribution in [1.82, 2.24) is 29.2 Å². The quantitative estimate of drug-likeness (QED) is 0.472. The Bertz CT molecular complexity index is 1390. The lowest BCUT2D eigenvalue weighted by molar-refractivity contribution is -0.126. The van der Waals surface area contributed by atoms with Crippen LogP contribution in [0.1, 0.15) is 31.4 Å². The van der Waals surface area contributed by atoms with Crippen molar-refractivity contribution in [2.75, 3.05) is 18.8 Å². The molecule has 1 atom stereocenters. The summed E-state index contributed by atoms with van der Waals surface area (Å²) in [4.78, 5) is 32.0. The number of rotatable bonds is 4. The van der Waals surface area contributed by atoms with Crippen LogP contribution in [0.25, 0.3) is 16.9 Å². The van der Waals surface area contributed by atoms with E-state index >= 15 is 0 Å². The van der Waals surface area contributed by atoms with Gasteiger partial charge < -0.3 is 15.4 Å². The highest BCUT2D eigenvalue weighted by Gasteiger charge is 2.28. The van der Waals surface area contributed by atoms with Crippen molar-refractivity contribution in [3.05, 3.63) is 60.7 Å². The van der Waals surface area contributed by atoms with Gasteiger partial charge in [0.05, 0.1) is 11.2 Å². The zero-order chi connectivity index (χ0) is 23.5. The van der Waals surface area contributed by atoms with Gasteiger partial charge in [-0.15, -0.1) is 0 Å². The Labute approximate surface area is 196 Å². The van der Waals surface area contributed by atoms with E-state index in [0.717, 1.165) is 29.6 Å². The molecular weight excluding hydrogens is 430 g/mol. The topological polar surface area (TPSA) is 112 Å². The van der Waals surface area contributed by atoms with Gasteiger partial charge in [-0.1, -0.05) is 12.0 Å². The third-order valence-electron chi connectivity index (χ3n) is 5.78. The number of likely N-dealkylation sites (tertiary alicyclic amines) is 1. The monoisotopic (exact) mass is 453 g/mol. The number of nitrogen functional groups attached to an aromatic ring is 1. The molecule has 34 heavy (non-hydrogen) atoms. The van der Waals surface area contributed by atoms with Crippen LogP contribution < -0.4 is 10.5 Å². The molecule has 0 bridgehead atoms. The fourth-order valence-electron chi connectivity index (χ4n) is 4.24. The largest absolute Gasteiger partial charge is 0.421 e. The Morgan fingerprint density at radius 1 is 1.12 bits per heavy atom. The first kappa shape index (κ1) is 21.4. The maximum atomic E-state index is 12.4. The Morgan fingerprint density at radius 3 is 2.76 bits per heavy atom. The van der Waals surface area contributed by atoms with Crippen LogP contribution in [-0.2, 0) is 4.79 Å². The van der Waals surface area contributed by atoms with Gasteiger partial charge in [0.2, 0.25) is 17.7 Å². The van der Waals surface area contributed by atoms with Gasteiger partial charge in [0.15, 0.2) is 0 Å². The van der Waals surface area contributed by atoms with Crippen LogP contribution in [-0.4, -0.2) is 48.2 Å². The standard InChI is InChI=1S/C25H23N7O2/c1-2-6-22(33)31-14-5-7-18(16-31)23-19-11-13-28-25(26)32(19)24(30-23)17-9-10-21(29-15-17)34-20-8-3-4-12-27-20/h3-4,8-13,15,18H,5,7,14,16H2,1H3,(H2,26,28). The highest BCUT2D eigenvalue weighted by molar-refractivity contribution is 5.93. The summed E-state index contributed by atoms with van der Waals surface area (Å²) in [5.74, 6) is 7.13. The summed E-state index contributed by atoms with van der Waals surface area (Å²) in [5, 5.41) is 0. The average molecular weight is 454 g/mol. The molecule has 1 aliphatic rings. The van der Waals surface area contributed by atoms with Crippen LogP contribution in [0.2, 0.25) is 0 Å². The van der Waals surface area contributed by atoms with Gasteiger partial charge in [0.1, 0.15) is 5.82 Å². The highest BCUT2D eigenvalue weighted by atomic mass is 16.5. The molecule has 0 radical (unpaired) electrons. The van der Waals surface area contributed by atoms with E-state index in [9.17, 15) is 4.79 Å². The van der Waals surface area contributed by atoms with E-state index in [1.807, 2.05) is 28.7 Å². The maximum Gasteiger partial charge on any atom is 0.298 e. The number of hydrogen-bond acceptors (Lipinski definition) is 7. The second kappa shape index (κ2) is 9.19. The lowest BCUT2D eigenvalue weighted by Crippen LogP contribution is -2.38. The number of nitrogens with two attached hydrogens (primary N) is 1. The number of carbonyl (C=O) groups excluding carboxylic acids is 1. The number of pyridine rings is 2. The second-order valence-electron chi connectivity index (χ2n) is 7.96. The third-order valence-corrected chi connectivity index (χ3v) is 5.78. The smallest absolute Gasteiger partial charge is 0.298 e. The summed E-state index contributed by atoms with van der Waals surface area (Å²) in [7, 11) is 0. The zero-order valence-corrected chi connectivity index (χ0v) is 18.7. The third kappa shape index (κ3) is 4.13. The summed E-state index contributed by atoms with van der Waals surface area (Å²) in [6, 6.07) is 11.0. The van der Waals surface area contributed by atoms with E-state index in [-0.39, 0.29) is 11.8 Å². The van der Waals surface area contributed by atoms with E-state index < -0.39 is 0 Å². The molecule has 1 unspecified atom stereocenters. The van der Waals surface area contributed by atoms with Crippen molar-refractivity contribution in [2.24, 2.45) is 0 Å². The molecule has 2 N–H and O–H groups in total. The lowest BCUT2D eigenvalue weighted by Gasteiger charge is -2.30. The minimum atomic E-state index is -0.148. The van der Waals surface area contributed by atoms with Gasteiger partial charge in [-0.2, -0.15) is 0 Å². The molecule has 1 saturated heterocycles.